The number of nitrogens with one attached hydrogen (secondary N) is 1. The fourth-order valence-electron chi connectivity index (χ4n) is 1.67. The molecule has 1 amide bonds. The maximum Gasteiger partial charge on any atom is 0.335 e. The number of rotatable bonds is 7. The van der Waals surface area contributed by atoms with Gasteiger partial charge in [0.1, 0.15) is 5.75 Å². The number of anilines is 1. The van der Waals surface area contributed by atoms with Crippen molar-refractivity contribution in [3.8, 4) is 5.75 Å². The lowest BCUT2D eigenvalue weighted by Gasteiger charge is -2.13. The molecule has 20 heavy (non-hydrogen) atoms. The molecule has 1 rings (SSSR count). The number of carbonyl (C=O) groups excluding carboxylic acids is 1. The van der Waals surface area contributed by atoms with Crippen LogP contribution in [-0.2, 0) is 4.79 Å². The molecule has 1 aromatic rings. The summed E-state index contributed by atoms with van der Waals surface area (Å²) < 4.78 is 5.52. The highest BCUT2D eigenvalue weighted by molar-refractivity contribution is 5.95. The lowest BCUT2D eigenvalue weighted by atomic mass is 10.1. The van der Waals surface area contributed by atoms with Crippen LogP contribution in [0, 0.1) is 5.92 Å². The van der Waals surface area contributed by atoms with E-state index in [1.807, 2.05) is 20.8 Å². The topological polar surface area (TPSA) is 75.6 Å². The number of hydrogen-bond acceptors (Lipinski definition) is 3. The molecule has 0 aliphatic rings. The first-order valence-corrected chi connectivity index (χ1v) is 6.74. The van der Waals surface area contributed by atoms with Crippen LogP contribution in [0.25, 0.3) is 0 Å². The van der Waals surface area contributed by atoms with Crippen molar-refractivity contribution in [2.24, 2.45) is 5.92 Å². The fourth-order valence-corrected chi connectivity index (χ4v) is 1.67. The van der Waals surface area contributed by atoms with Crippen molar-refractivity contribution in [3.63, 3.8) is 0 Å². The van der Waals surface area contributed by atoms with E-state index in [0.29, 0.717) is 24.5 Å². The Hall–Kier alpha value is -2.04. The number of amides is 1. The van der Waals surface area contributed by atoms with Gasteiger partial charge in [-0.3, -0.25) is 4.79 Å². The Kier molecular flexibility index (Phi) is 6.03. The summed E-state index contributed by atoms with van der Waals surface area (Å²) in [6.07, 6.45) is 1.21. The average Bonchev–Trinajstić information content (AvgIpc) is 2.35. The fraction of sp³-hybridized carbons (Fsp3) is 0.467. The molecule has 0 aliphatic carbocycles. The van der Waals surface area contributed by atoms with Crippen molar-refractivity contribution in [1.82, 2.24) is 0 Å². The summed E-state index contributed by atoms with van der Waals surface area (Å²) >= 11 is 0. The Morgan fingerprint density at radius 3 is 2.60 bits per heavy atom. The molecule has 0 fully saturated rings. The van der Waals surface area contributed by atoms with E-state index in [-0.39, 0.29) is 17.4 Å². The number of carboxylic acids is 1. The molecule has 0 unspecified atom stereocenters. The van der Waals surface area contributed by atoms with E-state index < -0.39 is 5.97 Å². The second-order valence-corrected chi connectivity index (χ2v) is 5.01. The number of aromatic carboxylic acids is 1. The number of carboxylic acid groups (broad SMARTS) is 1. The van der Waals surface area contributed by atoms with Gasteiger partial charge < -0.3 is 15.2 Å². The van der Waals surface area contributed by atoms with Crippen LogP contribution in [0.4, 0.5) is 5.69 Å². The maximum atomic E-state index is 11.8. The van der Waals surface area contributed by atoms with Crippen molar-refractivity contribution in [2.75, 3.05) is 11.9 Å². The van der Waals surface area contributed by atoms with Crippen LogP contribution in [0.2, 0.25) is 0 Å². The molecule has 0 saturated carbocycles. The van der Waals surface area contributed by atoms with Gasteiger partial charge in [-0.15, -0.1) is 0 Å². The zero-order chi connectivity index (χ0) is 15.1. The summed E-state index contributed by atoms with van der Waals surface area (Å²) in [7, 11) is 0. The van der Waals surface area contributed by atoms with Crippen LogP contribution in [-0.4, -0.2) is 23.6 Å². The third-order valence-corrected chi connectivity index (χ3v) is 2.56. The molecule has 110 valence electrons. The van der Waals surface area contributed by atoms with E-state index in [9.17, 15) is 9.59 Å². The minimum Gasteiger partial charge on any atom is -0.491 e. The Morgan fingerprint density at radius 1 is 1.35 bits per heavy atom. The van der Waals surface area contributed by atoms with E-state index in [4.69, 9.17) is 9.84 Å². The lowest BCUT2D eigenvalue weighted by molar-refractivity contribution is -0.116. The standard InChI is InChI=1S/C15H21NO4/c1-4-7-20-13-6-5-11(15(18)19)9-12(13)16-14(17)8-10(2)3/h5-6,9-10H,4,7-8H2,1-3H3,(H,16,17)(H,18,19). The summed E-state index contributed by atoms with van der Waals surface area (Å²) in [6.45, 7) is 6.38. The normalized spacial score (nSPS) is 10.4. The number of ether oxygens (including phenoxy) is 1. The third-order valence-electron chi connectivity index (χ3n) is 2.56. The zero-order valence-electron chi connectivity index (χ0n) is 12.1. The van der Waals surface area contributed by atoms with Crippen LogP contribution in [0.3, 0.4) is 0 Å². The molecule has 0 aromatic heterocycles. The van der Waals surface area contributed by atoms with Gasteiger partial charge in [0.15, 0.2) is 0 Å². The van der Waals surface area contributed by atoms with Gasteiger partial charge in [0.2, 0.25) is 5.91 Å². The van der Waals surface area contributed by atoms with Gasteiger partial charge in [-0.25, -0.2) is 4.79 Å². The smallest absolute Gasteiger partial charge is 0.335 e. The maximum absolute atomic E-state index is 11.8. The summed E-state index contributed by atoms with van der Waals surface area (Å²) in [5.41, 5.74) is 0.526. The van der Waals surface area contributed by atoms with Gasteiger partial charge >= 0.3 is 5.97 Å². The van der Waals surface area contributed by atoms with E-state index in [1.165, 1.54) is 12.1 Å². The van der Waals surface area contributed by atoms with Gasteiger partial charge in [0, 0.05) is 6.42 Å². The van der Waals surface area contributed by atoms with Crippen molar-refractivity contribution in [2.45, 2.75) is 33.6 Å². The van der Waals surface area contributed by atoms with Crippen LogP contribution in [0.1, 0.15) is 44.0 Å². The predicted octanol–water partition coefficient (Wildman–Crippen LogP) is 3.16. The first-order chi connectivity index (χ1) is 9.43. The molecule has 0 atom stereocenters. The Morgan fingerprint density at radius 2 is 2.05 bits per heavy atom. The van der Waals surface area contributed by atoms with Crippen LogP contribution < -0.4 is 10.1 Å². The van der Waals surface area contributed by atoms with Gasteiger partial charge in [0.05, 0.1) is 17.9 Å². The molecule has 0 bridgehead atoms. The van der Waals surface area contributed by atoms with Crippen LogP contribution >= 0.6 is 0 Å². The molecule has 0 saturated heterocycles. The van der Waals surface area contributed by atoms with Crippen molar-refractivity contribution < 1.29 is 19.4 Å². The number of benzene rings is 1. The first kappa shape index (κ1) is 16.0. The minimum absolute atomic E-state index is 0.119. The van der Waals surface area contributed by atoms with E-state index in [0.717, 1.165) is 6.42 Å². The first-order valence-electron chi connectivity index (χ1n) is 6.74. The third kappa shape index (κ3) is 4.91. The van der Waals surface area contributed by atoms with Crippen molar-refractivity contribution in [1.29, 1.82) is 0 Å². The number of carbonyl (C=O) groups is 2. The molecule has 5 heteroatoms. The second kappa shape index (κ2) is 7.53. The summed E-state index contributed by atoms with van der Waals surface area (Å²) in [4.78, 5) is 22.8. The average molecular weight is 279 g/mol. The SMILES string of the molecule is CCCOc1ccc(C(=O)O)cc1NC(=O)CC(C)C. The highest BCUT2D eigenvalue weighted by Crippen LogP contribution is 2.26. The molecule has 0 heterocycles. The Labute approximate surface area is 118 Å². The molecule has 0 aliphatic heterocycles. The highest BCUT2D eigenvalue weighted by atomic mass is 16.5. The zero-order valence-corrected chi connectivity index (χ0v) is 12.1. The number of hydrogen-bond donors (Lipinski definition) is 2. The molecule has 1 aromatic carbocycles. The molecular formula is C15H21NO4. The quantitative estimate of drug-likeness (QED) is 0.804. The second-order valence-electron chi connectivity index (χ2n) is 5.01. The molecule has 0 radical (unpaired) electrons. The summed E-state index contributed by atoms with van der Waals surface area (Å²) in [5.74, 6) is -0.457. The van der Waals surface area contributed by atoms with E-state index >= 15 is 0 Å². The predicted molar refractivity (Wildman–Crippen MR) is 77.3 cm³/mol. The minimum atomic E-state index is -1.04. The van der Waals surface area contributed by atoms with Crippen LogP contribution in [0.15, 0.2) is 18.2 Å². The van der Waals surface area contributed by atoms with E-state index in [1.54, 1.807) is 6.07 Å². The monoisotopic (exact) mass is 279 g/mol. The van der Waals surface area contributed by atoms with Crippen molar-refractivity contribution in [3.05, 3.63) is 23.8 Å². The van der Waals surface area contributed by atoms with Crippen molar-refractivity contribution >= 4 is 17.6 Å². The lowest BCUT2D eigenvalue weighted by Crippen LogP contribution is -2.15. The Bertz CT molecular complexity index is 483. The summed E-state index contributed by atoms with van der Waals surface area (Å²) in [5, 5.41) is 11.7. The van der Waals surface area contributed by atoms with Gasteiger partial charge in [-0.05, 0) is 30.5 Å². The van der Waals surface area contributed by atoms with Gasteiger partial charge in [-0.2, -0.15) is 0 Å². The molecule has 2 N–H and O–H groups in total. The van der Waals surface area contributed by atoms with Gasteiger partial charge in [-0.1, -0.05) is 20.8 Å². The van der Waals surface area contributed by atoms with Gasteiger partial charge in [0.25, 0.3) is 0 Å². The van der Waals surface area contributed by atoms with E-state index in [2.05, 4.69) is 5.32 Å². The highest BCUT2D eigenvalue weighted by Gasteiger charge is 2.13. The van der Waals surface area contributed by atoms with Crippen LogP contribution in [0.5, 0.6) is 5.75 Å². The Balaban J connectivity index is 2.95. The largest absolute Gasteiger partial charge is 0.491 e. The molecule has 5 nitrogen and oxygen atoms in total. The molecular weight excluding hydrogens is 258 g/mol. The summed E-state index contributed by atoms with van der Waals surface area (Å²) in [6, 6.07) is 4.46. The molecule has 0 spiro atoms.